The molecule has 2 N–H and O–H groups in total. The smallest absolute Gasteiger partial charge is 0.0621 e. The monoisotopic (exact) mass is 157 g/mol. The molecule has 2 bridgehead atoms. The Labute approximate surface area is 66.6 Å². The van der Waals surface area contributed by atoms with Crippen LogP contribution >= 0.6 is 0 Å². The summed E-state index contributed by atoms with van der Waals surface area (Å²) in [4.78, 5) is 2.24. The first kappa shape index (κ1) is 7.53. The lowest BCUT2D eigenvalue weighted by Crippen LogP contribution is -2.58. The molecule has 1 aliphatic carbocycles. The number of hydrogen-bond acceptors (Lipinski definition) is 3. The van der Waals surface area contributed by atoms with Gasteiger partial charge in [-0.05, 0) is 18.3 Å². The highest BCUT2D eigenvalue weighted by Crippen LogP contribution is 2.39. The van der Waals surface area contributed by atoms with Crippen LogP contribution in [0.4, 0.5) is 0 Å². The Bertz CT molecular complexity index is 139. The number of piperidine rings is 2. The van der Waals surface area contributed by atoms with E-state index in [9.17, 15) is 5.11 Å². The van der Waals surface area contributed by atoms with Crippen molar-refractivity contribution in [3.05, 3.63) is 0 Å². The van der Waals surface area contributed by atoms with Crippen LogP contribution in [0, 0.1) is 11.8 Å². The van der Waals surface area contributed by atoms with E-state index in [1.807, 2.05) is 0 Å². The molecule has 0 radical (unpaired) electrons. The van der Waals surface area contributed by atoms with Crippen molar-refractivity contribution in [1.82, 2.24) is 4.90 Å². The Hall–Kier alpha value is -0.120. The Morgan fingerprint density at radius 1 is 1.27 bits per heavy atom. The van der Waals surface area contributed by atoms with E-state index in [0.717, 1.165) is 19.6 Å². The Morgan fingerprint density at radius 3 is 2.36 bits per heavy atom. The number of aliphatic hydroxyl groups excluding tert-OH is 2. The number of nitrogens with zero attached hydrogens (tertiary/aromatic N) is 1. The number of rotatable bonds is 2. The Kier molecular flexibility index (Phi) is 1.87. The van der Waals surface area contributed by atoms with Gasteiger partial charge in [-0.2, -0.15) is 0 Å². The zero-order valence-corrected chi connectivity index (χ0v) is 6.61. The lowest BCUT2D eigenvalue weighted by Gasteiger charge is -2.51. The van der Waals surface area contributed by atoms with Crippen molar-refractivity contribution in [2.75, 3.05) is 26.2 Å². The Morgan fingerprint density at radius 2 is 1.91 bits per heavy atom. The minimum absolute atomic E-state index is 0.0371. The predicted octanol–water partition coefficient (Wildman–Crippen LogP) is -0.709. The van der Waals surface area contributed by atoms with Crippen molar-refractivity contribution in [3.8, 4) is 0 Å². The van der Waals surface area contributed by atoms with E-state index in [0.29, 0.717) is 11.8 Å². The molecule has 3 rings (SSSR count). The summed E-state index contributed by atoms with van der Waals surface area (Å²) < 4.78 is 0. The lowest BCUT2D eigenvalue weighted by molar-refractivity contribution is -0.109. The van der Waals surface area contributed by atoms with E-state index >= 15 is 0 Å². The van der Waals surface area contributed by atoms with Gasteiger partial charge in [0, 0.05) is 19.6 Å². The van der Waals surface area contributed by atoms with Crippen LogP contribution in [0.15, 0.2) is 0 Å². The minimum atomic E-state index is -0.0371. The van der Waals surface area contributed by atoms with Gasteiger partial charge in [-0.15, -0.1) is 0 Å². The fourth-order valence-electron chi connectivity index (χ4n) is 2.28. The highest BCUT2D eigenvalue weighted by atomic mass is 16.3. The Balaban J connectivity index is 1.84. The molecular weight excluding hydrogens is 142 g/mol. The zero-order valence-electron chi connectivity index (χ0n) is 6.61. The molecule has 2 heterocycles. The summed E-state index contributed by atoms with van der Waals surface area (Å²) in [6, 6.07) is 0. The van der Waals surface area contributed by atoms with Crippen molar-refractivity contribution in [3.63, 3.8) is 0 Å². The summed E-state index contributed by atoms with van der Waals surface area (Å²) in [5.41, 5.74) is 0. The summed E-state index contributed by atoms with van der Waals surface area (Å²) in [6.07, 6.45) is 1.16. The molecule has 2 unspecified atom stereocenters. The maximum Gasteiger partial charge on any atom is 0.0621 e. The van der Waals surface area contributed by atoms with Gasteiger partial charge in [0.25, 0.3) is 0 Å². The third-order valence-electron chi connectivity index (χ3n) is 2.97. The summed E-state index contributed by atoms with van der Waals surface area (Å²) in [7, 11) is 0. The van der Waals surface area contributed by atoms with Gasteiger partial charge < -0.3 is 15.1 Å². The SMILES string of the molecule is OCCN1CC2CC(C1)C2O. The highest BCUT2D eigenvalue weighted by molar-refractivity contribution is 4.96. The molecule has 0 aromatic carbocycles. The maximum atomic E-state index is 9.42. The van der Waals surface area contributed by atoms with E-state index in [1.165, 1.54) is 6.42 Å². The van der Waals surface area contributed by atoms with Crippen LogP contribution in [0.25, 0.3) is 0 Å². The van der Waals surface area contributed by atoms with Crippen LogP contribution in [0.5, 0.6) is 0 Å². The average Bonchev–Trinajstić information content (AvgIpc) is 2.05. The molecule has 2 atom stereocenters. The van der Waals surface area contributed by atoms with Crippen molar-refractivity contribution in [2.24, 2.45) is 11.8 Å². The normalized spacial score (nSPS) is 43.6. The fourth-order valence-corrected chi connectivity index (χ4v) is 2.28. The molecule has 0 amide bonds. The fraction of sp³-hybridized carbons (Fsp3) is 1.00. The van der Waals surface area contributed by atoms with Gasteiger partial charge in [-0.1, -0.05) is 0 Å². The first-order chi connectivity index (χ1) is 5.31. The van der Waals surface area contributed by atoms with E-state index in [1.54, 1.807) is 0 Å². The summed E-state index contributed by atoms with van der Waals surface area (Å²) in [5.74, 6) is 1.00. The predicted molar refractivity (Wildman–Crippen MR) is 41.1 cm³/mol. The second-order valence-corrected chi connectivity index (χ2v) is 3.73. The van der Waals surface area contributed by atoms with Crippen LogP contribution in [0.1, 0.15) is 6.42 Å². The van der Waals surface area contributed by atoms with Crippen LogP contribution in [0.2, 0.25) is 0 Å². The van der Waals surface area contributed by atoms with Crippen LogP contribution in [-0.2, 0) is 0 Å². The summed E-state index contributed by atoms with van der Waals surface area (Å²) in [6.45, 7) is 2.99. The van der Waals surface area contributed by atoms with Gasteiger partial charge in [0.15, 0.2) is 0 Å². The lowest BCUT2D eigenvalue weighted by atomic mass is 9.68. The third-order valence-corrected chi connectivity index (χ3v) is 2.97. The average molecular weight is 157 g/mol. The quantitative estimate of drug-likeness (QED) is 0.556. The van der Waals surface area contributed by atoms with Crippen molar-refractivity contribution in [2.45, 2.75) is 12.5 Å². The number of aliphatic hydroxyl groups is 2. The molecule has 64 valence electrons. The topological polar surface area (TPSA) is 43.7 Å². The summed E-state index contributed by atoms with van der Waals surface area (Å²) in [5, 5.41) is 18.1. The molecular formula is C8H15NO2. The summed E-state index contributed by atoms with van der Waals surface area (Å²) >= 11 is 0. The molecule has 3 aliphatic rings. The number of hydrogen-bond donors (Lipinski definition) is 2. The first-order valence-electron chi connectivity index (χ1n) is 4.32. The van der Waals surface area contributed by atoms with Gasteiger partial charge in [0.2, 0.25) is 0 Å². The van der Waals surface area contributed by atoms with E-state index in [4.69, 9.17) is 5.11 Å². The standard InChI is InChI=1S/C8H15NO2/c10-2-1-9-4-6-3-7(5-9)8(6)11/h6-8,10-11H,1-5H2. The van der Waals surface area contributed by atoms with Crippen LogP contribution < -0.4 is 0 Å². The molecule has 1 saturated carbocycles. The van der Waals surface area contributed by atoms with Crippen LogP contribution in [-0.4, -0.2) is 47.5 Å². The number of fused-ring (bicyclic) bond motifs is 2. The van der Waals surface area contributed by atoms with Gasteiger partial charge in [0.1, 0.15) is 0 Å². The molecule has 3 fully saturated rings. The van der Waals surface area contributed by atoms with Crippen molar-refractivity contribution >= 4 is 0 Å². The van der Waals surface area contributed by atoms with E-state index in [2.05, 4.69) is 4.90 Å². The van der Waals surface area contributed by atoms with Gasteiger partial charge in [0.05, 0.1) is 12.7 Å². The second kappa shape index (κ2) is 2.73. The molecule has 3 heteroatoms. The molecule has 3 nitrogen and oxygen atoms in total. The molecule has 0 spiro atoms. The largest absolute Gasteiger partial charge is 0.395 e. The van der Waals surface area contributed by atoms with Gasteiger partial charge in [-0.25, -0.2) is 0 Å². The minimum Gasteiger partial charge on any atom is -0.395 e. The van der Waals surface area contributed by atoms with Crippen molar-refractivity contribution < 1.29 is 10.2 Å². The van der Waals surface area contributed by atoms with Crippen LogP contribution in [0.3, 0.4) is 0 Å². The van der Waals surface area contributed by atoms with Gasteiger partial charge in [-0.3, -0.25) is 0 Å². The van der Waals surface area contributed by atoms with Crippen molar-refractivity contribution in [1.29, 1.82) is 0 Å². The molecule has 0 aromatic heterocycles. The zero-order chi connectivity index (χ0) is 7.84. The van der Waals surface area contributed by atoms with E-state index in [-0.39, 0.29) is 12.7 Å². The van der Waals surface area contributed by atoms with E-state index < -0.39 is 0 Å². The highest BCUT2D eigenvalue weighted by Gasteiger charge is 2.45. The molecule has 2 saturated heterocycles. The second-order valence-electron chi connectivity index (χ2n) is 3.73. The van der Waals surface area contributed by atoms with Gasteiger partial charge >= 0.3 is 0 Å². The third kappa shape index (κ3) is 1.17. The first-order valence-corrected chi connectivity index (χ1v) is 4.32. The molecule has 11 heavy (non-hydrogen) atoms. The molecule has 2 aliphatic heterocycles. The molecule has 0 aromatic rings. The maximum absolute atomic E-state index is 9.42.